The topological polar surface area (TPSA) is 109 Å². The Bertz CT molecular complexity index is 996. The number of amides is 2. The van der Waals surface area contributed by atoms with Gasteiger partial charge in [0.25, 0.3) is 0 Å². The molecule has 3 heterocycles. The Balaban J connectivity index is 1.24. The van der Waals surface area contributed by atoms with Gasteiger partial charge in [-0.1, -0.05) is 17.3 Å². The summed E-state index contributed by atoms with van der Waals surface area (Å²) in [5.41, 5.74) is 0.824. The first-order valence-electron chi connectivity index (χ1n) is 9.85. The summed E-state index contributed by atoms with van der Waals surface area (Å²) in [4.78, 5) is 18.4. The lowest BCUT2D eigenvalue weighted by molar-refractivity contribution is 0.136. The molecule has 0 aliphatic carbocycles. The van der Waals surface area contributed by atoms with Gasteiger partial charge in [-0.2, -0.15) is 4.98 Å². The number of hydrogen-bond donors (Lipinski definition) is 1. The molecule has 9 nitrogen and oxygen atoms in total. The first kappa shape index (κ1) is 20.7. The van der Waals surface area contributed by atoms with Crippen LogP contribution in [0.1, 0.15) is 42.0 Å². The lowest BCUT2D eigenvalue weighted by atomic mass is 9.97. The third-order valence-electron chi connectivity index (χ3n) is 5.62. The van der Waals surface area contributed by atoms with Crippen LogP contribution in [0.5, 0.6) is 0 Å². The number of carbonyl (C=O) groups excluding carboxylic acids is 1. The molecule has 1 aromatic heterocycles. The number of nitrogens with zero attached hydrogens (tertiary/aromatic N) is 4. The van der Waals surface area contributed by atoms with Crippen molar-refractivity contribution in [1.29, 1.82) is 0 Å². The molecule has 30 heavy (non-hydrogen) atoms. The number of piperidine rings is 1. The number of halogens is 1. The molecule has 2 aromatic rings. The quantitative estimate of drug-likeness (QED) is 0.762. The summed E-state index contributed by atoms with van der Waals surface area (Å²) in [5, 5.41) is 6.89. The minimum atomic E-state index is -3.16. The molecule has 0 spiro atoms. The zero-order valence-corrected chi connectivity index (χ0v) is 17.4. The van der Waals surface area contributed by atoms with Crippen LogP contribution in [-0.4, -0.2) is 66.2 Å². The molecule has 0 bridgehead atoms. The van der Waals surface area contributed by atoms with Gasteiger partial charge < -0.3 is 14.7 Å². The predicted octanol–water partition coefficient (Wildman–Crippen LogP) is 1.66. The van der Waals surface area contributed by atoms with Gasteiger partial charge in [0.05, 0.1) is 12.2 Å². The fourth-order valence-electron chi connectivity index (χ4n) is 3.72. The molecule has 1 aromatic carbocycles. The van der Waals surface area contributed by atoms with Crippen molar-refractivity contribution in [2.75, 3.05) is 32.4 Å². The Labute approximate surface area is 174 Å². The molecule has 2 saturated heterocycles. The minimum Gasteiger partial charge on any atom is -0.339 e. The Kier molecular flexibility index (Phi) is 5.74. The molecule has 4 rings (SSSR count). The number of benzene rings is 1. The van der Waals surface area contributed by atoms with Crippen molar-refractivity contribution in [2.24, 2.45) is 0 Å². The maximum atomic E-state index is 12.9. The largest absolute Gasteiger partial charge is 0.339 e. The molecule has 162 valence electrons. The van der Waals surface area contributed by atoms with Crippen molar-refractivity contribution < 1.29 is 22.1 Å². The van der Waals surface area contributed by atoms with Gasteiger partial charge >= 0.3 is 6.03 Å². The molecule has 2 amide bonds. The maximum Gasteiger partial charge on any atom is 0.317 e. The van der Waals surface area contributed by atoms with E-state index < -0.39 is 10.0 Å². The highest BCUT2D eigenvalue weighted by molar-refractivity contribution is 7.88. The van der Waals surface area contributed by atoms with E-state index in [-0.39, 0.29) is 23.7 Å². The Morgan fingerprint density at radius 1 is 1.20 bits per heavy atom. The summed E-state index contributed by atoms with van der Waals surface area (Å²) < 4.78 is 43.0. The van der Waals surface area contributed by atoms with Crippen LogP contribution in [-0.2, 0) is 16.6 Å². The standard InChI is InChI=1S/C19H24FN5O4S/c1-30(27,28)25-8-6-14(7-9-25)17-22-18(29-23-17)15-11-24(12-15)19(26)21-10-13-2-4-16(20)5-3-13/h2-5,14-15H,6-12H2,1H3,(H,21,26). The van der Waals surface area contributed by atoms with Crippen molar-refractivity contribution in [3.8, 4) is 0 Å². The number of aromatic nitrogens is 2. The molecule has 11 heteroatoms. The Hall–Kier alpha value is -2.53. The average Bonchev–Trinajstić information content (AvgIpc) is 3.15. The maximum absolute atomic E-state index is 12.9. The van der Waals surface area contributed by atoms with Crippen LogP contribution >= 0.6 is 0 Å². The fraction of sp³-hybridized carbons (Fsp3) is 0.526. The highest BCUT2D eigenvalue weighted by Crippen LogP contribution is 2.30. The summed E-state index contributed by atoms with van der Waals surface area (Å²) in [6, 6.07) is 5.80. The van der Waals surface area contributed by atoms with Gasteiger partial charge in [-0.25, -0.2) is 21.9 Å². The summed E-state index contributed by atoms with van der Waals surface area (Å²) in [5.74, 6) is 0.889. The normalized spacial score (nSPS) is 18.9. The summed E-state index contributed by atoms with van der Waals surface area (Å²) >= 11 is 0. The second kappa shape index (κ2) is 8.31. The molecule has 0 saturated carbocycles. The van der Waals surface area contributed by atoms with Crippen LogP contribution < -0.4 is 5.32 Å². The third-order valence-corrected chi connectivity index (χ3v) is 6.92. The van der Waals surface area contributed by atoms with Crippen LogP contribution in [0.25, 0.3) is 0 Å². The fourth-order valence-corrected chi connectivity index (χ4v) is 4.59. The van der Waals surface area contributed by atoms with Crippen molar-refractivity contribution in [3.05, 3.63) is 47.4 Å². The monoisotopic (exact) mass is 437 g/mol. The zero-order chi connectivity index (χ0) is 21.3. The number of nitrogens with one attached hydrogen (secondary N) is 1. The number of likely N-dealkylation sites (tertiary alicyclic amines) is 1. The van der Waals surface area contributed by atoms with E-state index in [2.05, 4.69) is 15.5 Å². The van der Waals surface area contributed by atoms with Crippen molar-refractivity contribution in [3.63, 3.8) is 0 Å². The van der Waals surface area contributed by atoms with Crippen molar-refractivity contribution in [1.82, 2.24) is 24.7 Å². The molecule has 2 aliphatic rings. The van der Waals surface area contributed by atoms with Gasteiger partial charge in [-0.05, 0) is 30.5 Å². The predicted molar refractivity (Wildman–Crippen MR) is 106 cm³/mol. The van der Waals surface area contributed by atoms with Gasteiger partial charge in [0.15, 0.2) is 5.82 Å². The SMILES string of the molecule is CS(=O)(=O)N1CCC(c2noc(C3CN(C(=O)NCc4ccc(F)cc4)C3)n2)CC1. The number of sulfonamides is 1. The number of urea groups is 1. The van der Waals surface area contributed by atoms with Crippen LogP contribution in [0.4, 0.5) is 9.18 Å². The van der Waals surface area contributed by atoms with E-state index in [0.29, 0.717) is 57.3 Å². The second-order valence-corrected chi connectivity index (χ2v) is 9.80. The number of rotatable bonds is 5. The van der Waals surface area contributed by atoms with Crippen molar-refractivity contribution in [2.45, 2.75) is 31.2 Å². The van der Waals surface area contributed by atoms with E-state index in [1.54, 1.807) is 17.0 Å². The molecular weight excluding hydrogens is 413 g/mol. The van der Waals surface area contributed by atoms with Crippen LogP contribution in [0.2, 0.25) is 0 Å². The van der Waals surface area contributed by atoms with E-state index in [1.165, 1.54) is 22.7 Å². The lowest BCUT2D eigenvalue weighted by Crippen LogP contribution is -2.52. The van der Waals surface area contributed by atoms with E-state index in [9.17, 15) is 17.6 Å². The first-order valence-corrected chi connectivity index (χ1v) is 11.7. The molecule has 2 fully saturated rings. The molecule has 2 aliphatic heterocycles. The summed E-state index contributed by atoms with van der Waals surface area (Å²) in [6.45, 7) is 2.22. The number of carbonyl (C=O) groups is 1. The van der Waals surface area contributed by atoms with E-state index in [1.807, 2.05) is 0 Å². The van der Waals surface area contributed by atoms with E-state index >= 15 is 0 Å². The van der Waals surface area contributed by atoms with Gasteiger partial charge in [-0.15, -0.1) is 0 Å². The van der Waals surface area contributed by atoms with Gasteiger partial charge in [0, 0.05) is 38.6 Å². The second-order valence-electron chi connectivity index (χ2n) is 7.81. The average molecular weight is 437 g/mol. The molecule has 0 unspecified atom stereocenters. The summed E-state index contributed by atoms with van der Waals surface area (Å²) in [7, 11) is -3.16. The van der Waals surface area contributed by atoms with Crippen LogP contribution in [0.3, 0.4) is 0 Å². The van der Waals surface area contributed by atoms with Crippen LogP contribution in [0, 0.1) is 5.82 Å². The zero-order valence-electron chi connectivity index (χ0n) is 16.6. The minimum absolute atomic E-state index is 0.000991. The summed E-state index contributed by atoms with van der Waals surface area (Å²) in [6.07, 6.45) is 2.54. The van der Waals surface area contributed by atoms with Crippen LogP contribution in [0.15, 0.2) is 28.8 Å². The molecule has 0 radical (unpaired) electrons. The molecular formula is C19H24FN5O4S. The van der Waals surface area contributed by atoms with E-state index in [4.69, 9.17) is 4.52 Å². The van der Waals surface area contributed by atoms with Crippen molar-refractivity contribution >= 4 is 16.1 Å². The van der Waals surface area contributed by atoms with Gasteiger partial charge in [0.1, 0.15) is 5.82 Å². The highest BCUT2D eigenvalue weighted by atomic mass is 32.2. The van der Waals surface area contributed by atoms with Gasteiger partial charge in [0.2, 0.25) is 15.9 Å². The highest BCUT2D eigenvalue weighted by Gasteiger charge is 2.36. The number of hydrogen-bond acceptors (Lipinski definition) is 6. The Morgan fingerprint density at radius 3 is 2.50 bits per heavy atom. The Morgan fingerprint density at radius 2 is 1.87 bits per heavy atom. The molecule has 0 atom stereocenters. The molecule has 1 N–H and O–H groups in total. The van der Waals surface area contributed by atoms with E-state index in [0.717, 1.165) is 5.56 Å². The first-order chi connectivity index (χ1) is 14.3. The smallest absolute Gasteiger partial charge is 0.317 e. The van der Waals surface area contributed by atoms with Gasteiger partial charge in [-0.3, -0.25) is 0 Å². The third kappa shape index (κ3) is 4.62. The lowest BCUT2D eigenvalue weighted by Gasteiger charge is -2.36.